The van der Waals surface area contributed by atoms with Gasteiger partial charge in [0.25, 0.3) is 0 Å². The van der Waals surface area contributed by atoms with Crippen molar-refractivity contribution in [3.05, 3.63) is 29.0 Å². The standard InChI is InChI=1S/C6H4BClFO.C2H6/c8-4-1-2-5(7-10)6(9)3-4;1-2/h1-3,10H;1-2H3. The first-order valence-corrected chi connectivity index (χ1v) is 4.04. The fourth-order valence-corrected chi connectivity index (χ4v) is 0.765. The molecule has 1 aromatic rings. The van der Waals surface area contributed by atoms with Crippen LogP contribution in [0.15, 0.2) is 18.2 Å². The van der Waals surface area contributed by atoms with Crippen molar-refractivity contribution in [2.45, 2.75) is 13.8 Å². The number of hydrogen-bond donors (Lipinski definition) is 1. The van der Waals surface area contributed by atoms with Crippen LogP contribution in [0.2, 0.25) is 5.02 Å². The molecular weight excluding hydrogens is 177 g/mol. The van der Waals surface area contributed by atoms with Crippen LogP contribution in [0.5, 0.6) is 0 Å². The molecule has 0 heterocycles. The summed E-state index contributed by atoms with van der Waals surface area (Å²) in [7, 11) is 0.700. The third kappa shape index (κ3) is 3.24. The molecule has 0 unspecified atom stereocenters. The zero-order chi connectivity index (χ0) is 9.56. The van der Waals surface area contributed by atoms with Gasteiger partial charge in [-0.25, -0.2) is 4.39 Å². The predicted octanol–water partition coefficient (Wildman–Crippen LogP) is 1.74. The molecule has 0 saturated carbocycles. The van der Waals surface area contributed by atoms with Crippen LogP contribution in [0.3, 0.4) is 0 Å². The third-order valence-electron chi connectivity index (χ3n) is 1.10. The Morgan fingerprint density at radius 2 is 2.00 bits per heavy atom. The molecule has 1 rings (SSSR count). The molecule has 1 N–H and O–H groups in total. The maximum Gasteiger partial charge on any atom is 0.329 e. The van der Waals surface area contributed by atoms with Crippen molar-refractivity contribution < 1.29 is 9.41 Å². The smallest absolute Gasteiger partial charge is 0.329 e. The van der Waals surface area contributed by atoms with Gasteiger partial charge in [-0.05, 0) is 17.6 Å². The first kappa shape index (κ1) is 11.5. The van der Waals surface area contributed by atoms with E-state index in [1.54, 1.807) is 0 Å². The van der Waals surface area contributed by atoms with E-state index in [2.05, 4.69) is 0 Å². The van der Waals surface area contributed by atoms with Crippen LogP contribution in [0.4, 0.5) is 4.39 Å². The topological polar surface area (TPSA) is 20.2 Å². The van der Waals surface area contributed by atoms with E-state index in [1.165, 1.54) is 12.1 Å². The fraction of sp³-hybridized carbons (Fsp3) is 0.250. The first-order valence-electron chi connectivity index (χ1n) is 3.66. The minimum absolute atomic E-state index is 0.143. The Hall–Kier alpha value is -0.535. The van der Waals surface area contributed by atoms with Gasteiger partial charge in [0.05, 0.1) is 0 Å². The van der Waals surface area contributed by atoms with Crippen LogP contribution in [0.25, 0.3) is 0 Å². The quantitative estimate of drug-likeness (QED) is 0.664. The highest BCUT2D eigenvalue weighted by molar-refractivity contribution is 6.45. The van der Waals surface area contributed by atoms with Crippen LogP contribution in [0.1, 0.15) is 13.8 Å². The Morgan fingerprint density at radius 3 is 2.42 bits per heavy atom. The molecule has 0 spiro atoms. The second-order valence-electron chi connectivity index (χ2n) is 1.79. The maximum atomic E-state index is 12.6. The van der Waals surface area contributed by atoms with E-state index in [4.69, 9.17) is 16.6 Å². The molecule has 1 aromatic carbocycles. The van der Waals surface area contributed by atoms with E-state index in [-0.39, 0.29) is 5.46 Å². The summed E-state index contributed by atoms with van der Waals surface area (Å²) in [5, 5.41) is 8.72. The summed E-state index contributed by atoms with van der Waals surface area (Å²) < 4.78 is 12.6. The average molecular weight is 187 g/mol. The predicted molar refractivity (Wildman–Crippen MR) is 50.4 cm³/mol. The number of rotatable bonds is 1. The van der Waals surface area contributed by atoms with Crippen molar-refractivity contribution in [1.82, 2.24) is 0 Å². The highest BCUT2D eigenvalue weighted by atomic mass is 35.5. The van der Waals surface area contributed by atoms with Crippen LogP contribution in [0, 0.1) is 5.82 Å². The first-order chi connectivity index (χ1) is 5.74. The van der Waals surface area contributed by atoms with Gasteiger partial charge >= 0.3 is 7.48 Å². The van der Waals surface area contributed by atoms with Gasteiger partial charge < -0.3 is 5.02 Å². The third-order valence-corrected chi connectivity index (χ3v) is 1.34. The van der Waals surface area contributed by atoms with E-state index >= 15 is 0 Å². The van der Waals surface area contributed by atoms with Gasteiger partial charge in [0.15, 0.2) is 0 Å². The van der Waals surface area contributed by atoms with Crippen molar-refractivity contribution in [2.24, 2.45) is 0 Å². The Morgan fingerprint density at radius 1 is 1.42 bits per heavy atom. The lowest BCUT2D eigenvalue weighted by atomic mass is 9.88. The molecule has 12 heavy (non-hydrogen) atoms. The van der Waals surface area contributed by atoms with Crippen molar-refractivity contribution >= 4 is 24.5 Å². The van der Waals surface area contributed by atoms with Gasteiger partial charge in [-0.3, -0.25) is 0 Å². The summed E-state index contributed by atoms with van der Waals surface area (Å²) in [6.07, 6.45) is 0. The Kier molecular flexibility index (Phi) is 5.76. The second kappa shape index (κ2) is 6.03. The summed E-state index contributed by atoms with van der Waals surface area (Å²) >= 11 is 5.44. The Balaban J connectivity index is 0.000000561. The van der Waals surface area contributed by atoms with Crippen LogP contribution < -0.4 is 5.46 Å². The lowest BCUT2D eigenvalue weighted by Gasteiger charge is -1.95. The zero-order valence-corrected chi connectivity index (χ0v) is 7.77. The lowest BCUT2D eigenvalue weighted by Crippen LogP contribution is -2.17. The molecule has 0 aromatic heterocycles. The van der Waals surface area contributed by atoms with Crippen molar-refractivity contribution in [1.29, 1.82) is 0 Å². The van der Waals surface area contributed by atoms with Gasteiger partial charge in [0.2, 0.25) is 0 Å². The van der Waals surface area contributed by atoms with E-state index in [9.17, 15) is 4.39 Å². The zero-order valence-electron chi connectivity index (χ0n) is 7.01. The molecule has 1 nitrogen and oxygen atoms in total. The minimum Gasteiger partial charge on any atom is -0.450 e. The average Bonchev–Trinajstić information content (AvgIpc) is 2.08. The minimum atomic E-state index is -0.519. The summed E-state index contributed by atoms with van der Waals surface area (Å²) in [6.45, 7) is 4.00. The highest BCUT2D eigenvalue weighted by Crippen LogP contribution is 2.06. The van der Waals surface area contributed by atoms with Gasteiger partial charge in [0, 0.05) is 5.02 Å². The van der Waals surface area contributed by atoms with Crippen molar-refractivity contribution in [3.63, 3.8) is 0 Å². The molecule has 0 saturated heterocycles. The van der Waals surface area contributed by atoms with Crippen LogP contribution >= 0.6 is 11.6 Å². The monoisotopic (exact) mass is 187 g/mol. The Bertz CT molecular complexity index is 242. The van der Waals surface area contributed by atoms with Crippen molar-refractivity contribution in [3.8, 4) is 0 Å². The summed E-state index contributed by atoms with van der Waals surface area (Å²) in [5.41, 5.74) is 0.143. The molecule has 4 heteroatoms. The van der Waals surface area contributed by atoms with E-state index < -0.39 is 5.82 Å². The van der Waals surface area contributed by atoms with Gasteiger partial charge in [-0.1, -0.05) is 31.5 Å². The highest BCUT2D eigenvalue weighted by Gasteiger charge is 2.01. The van der Waals surface area contributed by atoms with Crippen LogP contribution in [-0.4, -0.2) is 12.5 Å². The van der Waals surface area contributed by atoms with E-state index in [1.807, 2.05) is 13.8 Å². The maximum absolute atomic E-state index is 12.6. The molecule has 0 atom stereocenters. The van der Waals surface area contributed by atoms with E-state index in [0.29, 0.717) is 12.5 Å². The largest absolute Gasteiger partial charge is 0.450 e. The molecule has 0 aliphatic rings. The number of halogens is 2. The molecule has 0 bridgehead atoms. The molecule has 1 radical (unpaired) electrons. The molecule has 0 aliphatic heterocycles. The molecule has 0 fully saturated rings. The molecule has 0 amide bonds. The van der Waals surface area contributed by atoms with E-state index in [0.717, 1.165) is 6.07 Å². The normalized spacial score (nSPS) is 8.42. The SMILES string of the molecule is CC.O[B]c1ccc(Cl)cc1F. The summed E-state index contributed by atoms with van der Waals surface area (Å²) in [5.74, 6) is -0.519. The van der Waals surface area contributed by atoms with Gasteiger partial charge in [0.1, 0.15) is 5.82 Å². The Labute approximate surface area is 77.5 Å². The fourth-order valence-electron chi connectivity index (χ4n) is 0.606. The number of benzene rings is 1. The molecule has 0 aliphatic carbocycles. The second-order valence-corrected chi connectivity index (χ2v) is 2.23. The van der Waals surface area contributed by atoms with Crippen LogP contribution in [-0.2, 0) is 0 Å². The van der Waals surface area contributed by atoms with Crippen molar-refractivity contribution in [2.75, 3.05) is 0 Å². The molecular formula is C8H10BClFO. The van der Waals surface area contributed by atoms with Gasteiger partial charge in [-0.15, -0.1) is 0 Å². The summed E-state index contributed by atoms with van der Waals surface area (Å²) in [4.78, 5) is 0. The molecule has 65 valence electrons. The summed E-state index contributed by atoms with van der Waals surface area (Å²) in [6, 6.07) is 4.05. The lowest BCUT2D eigenvalue weighted by molar-refractivity contribution is 0.602. The van der Waals surface area contributed by atoms with Gasteiger partial charge in [-0.2, -0.15) is 0 Å². The number of hydrogen-bond acceptors (Lipinski definition) is 1.